The van der Waals surface area contributed by atoms with E-state index in [-0.39, 0.29) is 10.8 Å². The van der Waals surface area contributed by atoms with Crippen LogP contribution in [0.4, 0.5) is 0 Å². The molecule has 146 valence electrons. The van der Waals surface area contributed by atoms with Crippen LogP contribution in [0, 0.1) is 5.92 Å². The molecule has 6 nitrogen and oxygen atoms in total. The third-order valence-corrected chi connectivity index (χ3v) is 6.56. The number of benzene rings is 2. The lowest BCUT2D eigenvalue weighted by Gasteiger charge is -2.32. The van der Waals surface area contributed by atoms with Crippen LogP contribution in [0.5, 0.6) is 17.2 Å². The summed E-state index contributed by atoms with van der Waals surface area (Å²) in [6.45, 7) is 1.46. The third-order valence-electron chi connectivity index (χ3n) is 4.70. The zero-order valence-electron chi connectivity index (χ0n) is 15.6. The van der Waals surface area contributed by atoms with Crippen LogP contribution >= 0.6 is 0 Å². The molecule has 1 aliphatic rings. The number of hydrogen-bond acceptors (Lipinski definition) is 5. The number of piperidine rings is 1. The van der Waals surface area contributed by atoms with Crippen molar-refractivity contribution in [2.24, 2.45) is 5.92 Å². The zero-order chi connectivity index (χ0) is 19.3. The van der Waals surface area contributed by atoms with Gasteiger partial charge >= 0.3 is 0 Å². The second-order valence-electron chi connectivity index (χ2n) is 6.51. The van der Waals surface area contributed by atoms with Crippen molar-refractivity contribution in [3.8, 4) is 17.2 Å². The minimum atomic E-state index is -3.59. The molecule has 1 atom stereocenters. The van der Waals surface area contributed by atoms with Gasteiger partial charge in [0.05, 0.1) is 25.7 Å². The van der Waals surface area contributed by atoms with E-state index in [0.717, 1.165) is 18.6 Å². The molecule has 0 spiro atoms. The predicted octanol–water partition coefficient (Wildman–Crippen LogP) is 3.18. The molecule has 7 heteroatoms. The maximum Gasteiger partial charge on any atom is 0.243 e. The first kappa shape index (κ1) is 19.5. The van der Waals surface area contributed by atoms with Gasteiger partial charge in [-0.3, -0.25) is 0 Å². The minimum Gasteiger partial charge on any atom is -0.493 e. The summed E-state index contributed by atoms with van der Waals surface area (Å²) in [7, 11) is -0.579. The normalized spacial score (nSPS) is 18.1. The maximum absolute atomic E-state index is 13.1. The monoisotopic (exact) mass is 391 g/mol. The third kappa shape index (κ3) is 4.54. The molecular formula is C20H25NO5S. The summed E-state index contributed by atoms with van der Waals surface area (Å²) in [4.78, 5) is 0.213. The van der Waals surface area contributed by atoms with Crippen LogP contribution in [-0.2, 0) is 10.0 Å². The number of ether oxygens (including phenoxy) is 3. The first-order valence-electron chi connectivity index (χ1n) is 8.94. The van der Waals surface area contributed by atoms with E-state index in [2.05, 4.69) is 0 Å². The molecule has 0 aliphatic carbocycles. The van der Waals surface area contributed by atoms with Gasteiger partial charge in [-0.05, 0) is 37.1 Å². The molecule has 0 N–H and O–H groups in total. The lowest BCUT2D eigenvalue weighted by atomic mass is 10.0. The Kier molecular flexibility index (Phi) is 6.23. The number of rotatable bonds is 7. The SMILES string of the molecule is COc1ccc(S(=O)(=O)N2CCCC(COc3ccccc3)C2)cc1OC. The highest BCUT2D eigenvalue weighted by Gasteiger charge is 2.31. The number of nitrogens with zero attached hydrogens (tertiary/aromatic N) is 1. The van der Waals surface area contributed by atoms with E-state index in [0.29, 0.717) is 31.2 Å². The van der Waals surface area contributed by atoms with Gasteiger partial charge in [0.15, 0.2) is 11.5 Å². The maximum atomic E-state index is 13.1. The molecule has 1 aliphatic heterocycles. The Balaban J connectivity index is 1.70. The Labute approximate surface area is 160 Å². The summed E-state index contributed by atoms with van der Waals surface area (Å²) in [6, 6.07) is 14.3. The summed E-state index contributed by atoms with van der Waals surface area (Å²) >= 11 is 0. The Hall–Kier alpha value is -2.25. The van der Waals surface area contributed by atoms with Crippen LogP contribution < -0.4 is 14.2 Å². The van der Waals surface area contributed by atoms with Gasteiger partial charge in [0.2, 0.25) is 10.0 Å². The Morgan fingerprint density at radius 3 is 2.48 bits per heavy atom. The van der Waals surface area contributed by atoms with Gasteiger partial charge in [-0.1, -0.05) is 18.2 Å². The Morgan fingerprint density at radius 1 is 1.04 bits per heavy atom. The predicted molar refractivity (Wildman–Crippen MR) is 103 cm³/mol. The molecule has 0 radical (unpaired) electrons. The Morgan fingerprint density at radius 2 is 1.78 bits per heavy atom. The number of hydrogen-bond donors (Lipinski definition) is 0. The first-order valence-corrected chi connectivity index (χ1v) is 10.4. The molecule has 3 rings (SSSR count). The fraction of sp³-hybridized carbons (Fsp3) is 0.400. The van der Waals surface area contributed by atoms with Crippen LogP contribution in [0.2, 0.25) is 0 Å². The van der Waals surface area contributed by atoms with E-state index in [9.17, 15) is 8.42 Å². The highest BCUT2D eigenvalue weighted by molar-refractivity contribution is 7.89. The number of methoxy groups -OCH3 is 2. The minimum absolute atomic E-state index is 0.161. The second-order valence-corrected chi connectivity index (χ2v) is 8.45. The van der Waals surface area contributed by atoms with Gasteiger partial charge in [-0.2, -0.15) is 4.31 Å². The van der Waals surface area contributed by atoms with E-state index < -0.39 is 10.0 Å². The van der Waals surface area contributed by atoms with Crippen LogP contribution in [0.1, 0.15) is 12.8 Å². The summed E-state index contributed by atoms with van der Waals surface area (Å²) < 4.78 is 43.9. The van der Waals surface area contributed by atoms with E-state index in [1.807, 2.05) is 30.3 Å². The van der Waals surface area contributed by atoms with E-state index in [1.54, 1.807) is 12.1 Å². The summed E-state index contributed by atoms with van der Waals surface area (Å²) in [5, 5.41) is 0. The molecule has 27 heavy (non-hydrogen) atoms. The van der Waals surface area contributed by atoms with Crippen molar-refractivity contribution in [3.05, 3.63) is 48.5 Å². The molecule has 2 aromatic rings. The van der Waals surface area contributed by atoms with Crippen LogP contribution in [-0.4, -0.2) is 46.6 Å². The molecule has 0 aromatic heterocycles. The highest BCUT2D eigenvalue weighted by Crippen LogP contribution is 2.32. The van der Waals surface area contributed by atoms with Crippen molar-refractivity contribution in [1.82, 2.24) is 4.31 Å². The molecule has 0 saturated carbocycles. The van der Waals surface area contributed by atoms with Crippen molar-refractivity contribution in [2.45, 2.75) is 17.7 Å². The van der Waals surface area contributed by atoms with Crippen molar-refractivity contribution >= 4 is 10.0 Å². The van der Waals surface area contributed by atoms with Gasteiger partial charge in [0.1, 0.15) is 5.75 Å². The van der Waals surface area contributed by atoms with Gasteiger partial charge < -0.3 is 14.2 Å². The summed E-state index contributed by atoms with van der Waals surface area (Å²) in [5.41, 5.74) is 0. The van der Waals surface area contributed by atoms with Crippen molar-refractivity contribution in [3.63, 3.8) is 0 Å². The second kappa shape index (κ2) is 8.63. The molecular weight excluding hydrogens is 366 g/mol. The van der Waals surface area contributed by atoms with Gasteiger partial charge in [0, 0.05) is 25.1 Å². The first-order chi connectivity index (χ1) is 13.0. The zero-order valence-corrected chi connectivity index (χ0v) is 16.4. The number of sulfonamides is 1. The van der Waals surface area contributed by atoms with E-state index in [1.165, 1.54) is 24.6 Å². The van der Waals surface area contributed by atoms with Gasteiger partial charge in [-0.25, -0.2) is 8.42 Å². The topological polar surface area (TPSA) is 65.1 Å². The smallest absolute Gasteiger partial charge is 0.243 e. The standard InChI is InChI=1S/C20H25NO5S/c1-24-19-11-10-18(13-20(19)25-2)27(22,23)21-12-6-7-16(14-21)15-26-17-8-4-3-5-9-17/h3-5,8-11,13,16H,6-7,12,14-15H2,1-2H3. The molecule has 0 amide bonds. The molecule has 1 heterocycles. The fourth-order valence-electron chi connectivity index (χ4n) is 3.24. The molecule has 2 aromatic carbocycles. The van der Waals surface area contributed by atoms with Crippen LogP contribution in [0.25, 0.3) is 0 Å². The Bertz CT molecular complexity index is 854. The van der Waals surface area contributed by atoms with E-state index >= 15 is 0 Å². The average Bonchev–Trinajstić information content (AvgIpc) is 2.72. The van der Waals surface area contributed by atoms with Crippen LogP contribution in [0.3, 0.4) is 0 Å². The van der Waals surface area contributed by atoms with E-state index in [4.69, 9.17) is 14.2 Å². The molecule has 0 bridgehead atoms. The molecule has 1 unspecified atom stereocenters. The van der Waals surface area contributed by atoms with Crippen LogP contribution in [0.15, 0.2) is 53.4 Å². The van der Waals surface area contributed by atoms with Crippen molar-refractivity contribution in [2.75, 3.05) is 33.9 Å². The fourth-order valence-corrected chi connectivity index (χ4v) is 4.81. The molecule has 1 saturated heterocycles. The lowest BCUT2D eigenvalue weighted by molar-refractivity contribution is 0.180. The van der Waals surface area contributed by atoms with Gasteiger partial charge in [-0.15, -0.1) is 0 Å². The highest BCUT2D eigenvalue weighted by atomic mass is 32.2. The average molecular weight is 391 g/mol. The van der Waals surface area contributed by atoms with Crippen molar-refractivity contribution < 1.29 is 22.6 Å². The van der Waals surface area contributed by atoms with Crippen molar-refractivity contribution in [1.29, 1.82) is 0 Å². The summed E-state index contributed by atoms with van der Waals surface area (Å²) in [5.74, 6) is 1.87. The lowest BCUT2D eigenvalue weighted by Crippen LogP contribution is -2.41. The molecule has 1 fully saturated rings. The summed E-state index contributed by atoms with van der Waals surface area (Å²) in [6.07, 6.45) is 1.76. The quantitative estimate of drug-likeness (QED) is 0.725. The van der Waals surface area contributed by atoms with Gasteiger partial charge in [0.25, 0.3) is 0 Å². The number of para-hydroxylation sites is 1. The largest absolute Gasteiger partial charge is 0.493 e.